The average Bonchev–Trinajstić information content (AvgIpc) is 2.92. The third-order valence-corrected chi connectivity index (χ3v) is 5.51. The van der Waals surface area contributed by atoms with Crippen LogP contribution in [0.1, 0.15) is 35.1 Å². The molecule has 0 aliphatic heterocycles. The first-order valence-corrected chi connectivity index (χ1v) is 8.62. The molecule has 1 aromatic carbocycles. The van der Waals surface area contributed by atoms with Crippen molar-refractivity contribution in [1.29, 1.82) is 0 Å². The molecular formula is C15H15ClINOS. The van der Waals surface area contributed by atoms with Crippen LogP contribution in [0.25, 0.3) is 0 Å². The first-order chi connectivity index (χ1) is 9.49. The van der Waals surface area contributed by atoms with Gasteiger partial charge in [0.05, 0.1) is 11.1 Å². The van der Waals surface area contributed by atoms with Crippen LogP contribution in [-0.4, -0.2) is 5.91 Å². The molecule has 2 rings (SSSR count). The van der Waals surface area contributed by atoms with Gasteiger partial charge in [0.15, 0.2) is 0 Å². The normalized spacial score (nSPS) is 12.4. The Morgan fingerprint density at radius 3 is 2.65 bits per heavy atom. The predicted molar refractivity (Wildman–Crippen MR) is 93.5 cm³/mol. The van der Waals surface area contributed by atoms with Crippen molar-refractivity contribution < 1.29 is 4.79 Å². The summed E-state index contributed by atoms with van der Waals surface area (Å²) in [5, 5.41) is 5.73. The van der Waals surface area contributed by atoms with Crippen molar-refractivity contribution in [2.75, 3.05) is 0 Å². The first kappa shape index (κ1) is 15.8. The highest BCUT2D eigenvalue weighted by atomic mass is 127. The largest absolute Gasteiger partial charge is 0.344 e. The predicted octanol–water partition coefficient (Wildman–Crippen LogP) is 5.13. The number of rotatable bonds is 4. The van der Waals surface area contributed by atoms with Crippen molar-refractivity contribution in [1.82, 2.24) is 5.32 Å². The molecule has 0 saturated carbocycles. The number of hydrogen-bond acceptors (Lipinski definition) is 2. The Morgan fingerprint density at radius 2 is 2.10 bits per heavy atom. The molecule has 1 amide bonds. The molecule has 0 aliphatic carbocycles. The Morgan fingerprint density at radius 1 is 1.35 bits per heavy atom. The fourth-order valence-electron chi connectivity index (χ4n) is 1.90. The monoisotopic (exact) mass is 419 g/mol. The zero-order chi connectivity index (χ0) is 14.7. The molecule has 0 saturated heterocycles. The quantitative estimate of drug-likeness (QED) is 0.684. The highest BCUT2D eigenvalue weighted by molar-refractivity contribution is 14.1. The molecule has 1 atom stereocenters. The minimum absolute atomic E-state index is 0.0283. The molecule has 106 valence electrons. The Balaban J connectivity index is 2.18. The van der Waals surface area contributed by atoms with Crippen molar-refractivity contribution in [2.45, 2.75) is 19.9 Å². The van der Waals surface area contributed by atoms with Gasteiger partial charge in [-0.2, -0.15) is 0 Å². The molecule has 0 spiro atoms. The molecule has 2 aromatic rings. The van der Waals surface area contributed by atoms with Crippen molar-refractivity contribution in [2.24, 2.45) is 5.92 Å². The Kier molecular flexibility index (Phi) is 5.46. The van der Waals surface area contributed by atoms with Gasteiger partial charge >= 0.3 is 0 Å². The van der Waals surface area contributed by atoms with Gasteiger partial charge in [-0.25, -0.2) is 0 Å². The van der Waals surface area contributed by atoms with Crippen LogP contribution < -0.4 is 5.32 Å². The van der Waals surface area contributed by atoms with Gasteiger partial charge in [0.25, 0.3) is 5.91 Å². The third kappa shape index (κ3) is 3.74. The fraction of sp³-hybridized carbons (Fsp3) is 0.267. The summed E-state index contributed by atoms with van der Waals surface area (Å²) >= 11 is 9.88. The zero-order valence-electron chi connectivity index (χ0n) is 11.2. The minimum Gasteiger partial charge on any atom is -0.344 e. The van der Waals surface area contributed by atoms with E-state index in [0.29, 0.717) is 16.5 Å². The summed E-state index contributed by atoms with van der Waals surface area (Å²) < 4.78 is 0.944. The van der Waals surface area contributed by atoms with Gasteiger partial charge in [-0.15, -0.1) is 11.3 Å². The number of hydrogen-bond donors (Lipinski definition) is 1. The maximum absolute atomic E-state index is 12.4. The van der Waals surface area contributed by atoms with Gasteiger partial charge in [-0.05, 0) is 58.2 Å². The molecule has 1 unspecified atom stereocenters. The second-order valence-electron chi connectivity index (χ2n) is 4.84. The van der Waals surface area contributed by atoms with Crippen LogP contribution in [0.5, 0.6) is 0 Å². The molecule has 5 heteroatoms. The third-order valence-electron chi connectivity index (χ3n) is 2.98. The van der Waals surface area contributed by atoms with E-state index in [4.69, 9.17) is 11.6 Å². The first-order valence-electron chi connectivity index (χ1n) is 6.28. The van der Waals surface area contributed by atoms with Gasteiger partial charge in [-0.1, -0.05) is 31.5 Å². The minimum atomic E-state index is -0.0876. The summed E-state index contributed by atoms with van der Waals surface area (Å²) in [4.78, 5) is 13.5. The molecule has 0 aliphatic rings. The lowest BCUT2D eigenvalue weighted by atomic mass is 10.0. The van der Waals surface area contributed by atoms with E-state index in [-0.39, 0.29) is 11.9 Å². The van der Waals surface area contributed by atoms with E-state index < -0.39 is 0 Å². The zero-order valence-corrected chi connectivity index (χ0v) is 14.9. The van der Waals surface area contributed by atoms with Gasteiger partial charge in [0.2, 0.25) is 0 Å². The summed E-state index contributed by atoms with van der Waals surface area (Å²) in [6, 6.07) is 9.45. The van der Waals surface area contributed by atoms with Crippen molar-refractivity contribution in [3.05, 3.63) is 54.7 Å². The Labute approximate surface area is 141 Å². The van der Waals surface area contributed by atoms with Crippen molar-refractivity contribution in [3.63, 3.8) is 0 Å². The summed E-state index contributed by atoms with van der Waals surface area (Å²) in [5.74, 6) is 0.243. The number of benzene rings is 1. The van der Waals surface area contributed by atoms with Crippen LogP contribution >= 0.6 is 45.5 Å². The number of carbonyl (C=O) groups is 1. The topological polar surface area (TPSA) is 29.1 Å². The summed E-state index contributed by atoms with van der Waals surface area (Å²) in [7, 11) is 0. The maximum atomic E-state index is 12.4. The van der Waals surface area contributed by atoms with Crippen LogP contribution in [0.15, 0.2) is 35.7 Å². The molecule has 2 nitrogen and oxygen atoms in total. The Hall–Kier alpha value is -0.590. The summed E-state index contributed by atoms with van der Waals surface area (Å²) in [6.07, 6.45) is 0. The molecule has 1 aromatic heterocycles. The fourth-order valence-corrected chi connectivity index (χ4v) is 3.36. The van der Waals surface area contributed by atoms with E-state index >= 15 is 0 Å². The lowest BCUT2D eigenvalue weighted by Gasteiger charge is -2.21. The molecule has 0 radical (unpaired) electrons. The average molecular weight is 420 g/mol. The number of carbonyl (C=O) groups excluding carboxylic acids is 1. The second kappa shape index (κ2) is 6.91. The molecule has 0 fully saturated rings. The number of nitrogens with one attached hydrogen (secondary N) is 1. The SMILES string of the molecule is CC(C)C(NC(=O)c1ccc(I)c(Cl)c1)c1cccs1. The number of thiophene rings is 1. The molecule has 1 heterocycles. The van der Waals surface area contributed by atoms with Crippen LogP contribution in [0, 0.1) is 9.49 Å². The molecule has 0 bridgehead atoms. The van der Waals surface area contributed by atoms with E-state index in [0.717, 1.165) is 3.57 Å². The summed E-state index contributed by atoms with van der Waals surface area (Å²) in [5.41, 5.74) is 0.595. The van der Waals surface area contributed by atoms with E-state index in [1.807, 2.05) is 17.5 Å². The van der Waals surface area contributed by atoms with Crippen LogP contribution in [0.3, 0.4) is 0 Å². The lowest BCUT2D eigenvalue weighted by molar-refractivity contribution is 0.0926. The van der Waals surface area contributed by atoms with Crippen LogP contribution in [0.4, 0.5) is 0 Å². The highest BCUT2D eigenvalue weighted by Gasteiger charge is 2.20. The molecular weight excluding hydrogens is 405 g/mol. The number of amides is 1. The van der Waals surface area contributed by atoms with Crippen molar-refractivity contribution >= 4 is 51.4 Å². The van der Waals surface area contributed by atoms with Gasteiger partial charge < -0.3 is 5.32 Å². The maximum Gasteiger partial charge on any atom is 0.251 e. The van der Waals surface area contributed by atoms with Gasteiger partial charge in [-0.3, -0.25) is 4.79 Å². The highest BCUT2D eigenvalue weighted by Crippen LogP contribution is 2.26. The summed E-state index contributed by atoms with van der Waals surface area (Å²) in [6.45, 7) is 4.21. The van der Waals surface area contributed by atoms with E-state index in [2.05, 4.69) is 47.8 Å². The van der Waals surface area contributed by atoms with E-state index in [1.54, 1.807) is 23.5 Å². The smallest absolute Gasteiger partial charge is 0.251 e. The van der Waals surface area contributed by atoms with Crippen molar-refractivity contribution in [3.8, 4) is 0 Å². The molecule has 20 heavy (non-hydrogen) atoms. The molecule has 1 N–H and O–H groups in total. The van der Waals surface area contributed by atoms with E-state index in [1.165, 1.54) is 4.88 Å². The number of halogens is 2. The standard InChI is InChI=1S/C15H15ClINOS/c1-9(2)14(13-4-3-7-20-13)18-15(19)10-5-6-12(17)11(16)8-10/h3-9,14H,1-2H3,(H,18,19). The van der Waals surface area contributed by atoms with Gasteiger partial charge in [0.1, 0.15) is 0 Å². The van der Waals surface area contributed by atoms with Crippen LogP contribution in [0.2, 0.25) is 5.02 Å². The van der Waals surface area contributed by atoms with Gasteiger partial charge in [0, 0.05) is 14.0 Å². The second-order valence-corrected chi connectivity index (χ2v) is 7.39. The van der Waals surface area contributed by atoms with E-state index in [9.17, 15) is 4.79 Å². The lowest BCUT2D eigenvalue weighted by Crippen LogP contribution is -2.31. The Bertz CT molecular complexity index is 598. The van der Waals surface area contributed by atoms with Crippen LogP contribution in [-0.2, 0) is 0 Å².